The van der Waals surface area contributed by atoms with E-state index in [1.165, 1.54) is 0 Å². The first kappa shape index (κ1) is 15.6. The van der Waals surface area contributed by atoms with Crippen molar-refractivity contribution in [2.75, 3.05) is 0 Å². The molecule has 0 N–H and O–H groups in total. The smallest absolute Gasteiger partial charge is 0.0910 e. The Morgan fingerprint density at radius 2 is 1.50 bits per heavy atom. The number of alkyl halides is 3. The van der Waals surface area contributed by atoms with E-state index in [0.29, 0.717) is 22.8 Å². The first-order valence-corrected chi connectivity index (χ1v) is 8.02. The van der Waals surface area contributed by atoms with Crippen LogP contribution < -0.4 is 0 Å². The Hall–Kier alpha value is 1.57. The molecule has 0 saturated heterocycles. The van der Waals surface area contributed by atoms with Crippen LogP contribution in [-0.4, -0.2) is 14.3 Å². The molecule has 0 heterocycles. The molecule has 0 spiro atoms. The van der Waals surface area contributed by atoms with Gasteiger partial charge in [0.1, 0.15) is 0 Å². The molecule has 5 heteroatoms. The molecule has 0 amide bonds. The van der Waals surface area contributed by atoms with Gasteiger partial charge in [-0.3, -0.25) is 0 Å². The second-order valence-corrected chi connectivity index (χ2v) is 9.45. The maximum absolute atomic E-state index is 5.80. The largest absolute Gasteiger partial charge is 0.191 e. The van der Waals surface area contributed by atoms with E-state index in [2.05, 4.69) is 27.7 Å². The van der Waals surface area contributed by atoms with Crippen molar-refractivity contribution in [3.63, 3.8) is 0 Å². The summed E-state index contributed by atoms with van der Waals surface area (Å²) in [5.41, 5.74) is 0. The topological polar surface area (TPSA) is 0 Å². The molecule has 0 bridgehead atoms. The predicted molar refractivity (Wildman–Crippen MR) is 73.9 cm³/mol. The number of hydrogen-bond acceptors (Lipinski definition) is 2. The van der Waals surface area contributed by atoms with Gasteiger partial charge in [-0.15, -0.1) is 0 Å². The van der Waals surface area contributed by atoms with Crippen molar-refractivity contribution in [1.82, 2.24) is 0 Å². The van der Waals surface area contributed by atoms with Gasteiger partial charge in [0.2, 0.25) is 0 Å². The number of halogens is 3. The second-order valence-electron chi connectivity index (χ2n) is 3.84. The summed E-state index contributed by atoms with van der Waals surface area (Å²) in [5, 5.41) is 1.01. The molecule has 0 aromatic heterocycles. The minimum Gasteiger partial charge on any atom is -0.0910 e. The Morgan fingerprint density at radius 1 is 1.00 bits per heavy atom. The van der Waals surface area contributed by atoms with E-state index >= 15 is 0 Å². The van der Waals surface area contributed by atoms with E-state index in [0.717, 1.165) is 0 Å². The summed E-state index contributed by atoms with van der Waals surface area (Å²) in [6.45, 7) is 8.67. The van der Waals surface area contributed by atoms with Gasteiger partial charge in [-0.25, -0.2) is 0 Å². The SMILES string of the molecule is CC(C)SSC(CC(Cl)(Cl)Cl)C(C)C. The maximum atomic E-state index is 5.80. The maximum Gasteiger partial charge on any atom is 0.191 e. The first-order chi connectivity index (χ1) is 6.22. The lowest BCUT2D eigenvalue weighted by Crippen LogP contribution is -2.18. The fourth-order valence-corrected chi connectivity index (χ4v) is 4.44. The van der Waals surface area contributed by atoms with Crippen molar-refractivity contribution in [3.05, 3.63) is 0 Å². The van der Waals surface area contributed by atoms with Crippen LogP contribution in [0.4, 0.5) is 0 Å². The molecule has 0 nitrogen and oxygen atoms in total. The average molecular weight is 296 g/mol. The molecule has 0 aromatic rings. The Bertz CT molecular complexity index is 155. The molecule has 0 aliphatic carbocycles. The zero-order valence-corrected chi connectivity index (χ0v) is 12.8. The van der Waals surface area contributed by atoms with Gasteiger partial charge < -0.3 is 0 Å². The van der Waals surface area contributed by atoms with Crippen molar-refractivity contribution in [2.45, 2.75) is 48.4 Å². The number of hydrogen-bond donors (Lipinski definition) is 0. The standard InChI is InChI=1S/C9H17Cl3S2/c1-6(2)8(5-9(10,11)12)14-13-7(3)4/h6-8H,5H2,1-4H3. The van der Waals surface area contributed by atoms with Crippen LogP contribution in [0.2, 0.25) is 0 Å². The van der Waals surface area contributed by atoms with Crippen LogP contribution in [0, 0.1) is 5.92 Å². The van der Waals surface area contributed by atoms with Crippen molar-refractivity contribution in [1.29, 1.82) is 0 Å². The summed E-state index contributed by atoms with van der Waals surface area (Å²) in [6, 6.07) is 0. The number of rotatable bonds is 5. The molecule has 1 atom stereocenters. The molecule has 0 aromatic carbocycles. The van der Waals surface area contributed by atoms with Crippen LogP contribution in [0.25, 0.3) is 0 Å². The molecule has 0 rings (SSSR count). The fraction of sp³-hybridized carbons (Fsp3) is 1.00. The molecule has 0 saturated carbocycles. The summed E-state index contributed by atoms with van der Waals surface area (Å²) in [6.07, 6.45) is 0.611. The van der Waals surface area contributed by atoms with Crippen LogP contribution in [0.1, 0.15) is 34.1 Å². The summed E-state index contributed by atoms with van der Waals surface area (Å²) >= 11 is 17.4. The highest BCUT2D eigenvalue weighted by Gasteiger charge is 2.28. The molecule has 0 fully saturated rings. The highest BCUT2D eigenvalue weighted by atomic mass is 35.6. The van der Waals surface area contributed by atoms with Crippen LogP contribution in [-0.2, 0) is 0 Å². The highest BCUT2D eigenvalue weighted by Crippen LogP contribution is 2.42. The van der Waals surface area contributed by atoms with Crippen LogP contribution in [0.15, 0.2) is 0 Å². The van der Waals surface area contributed by atoms with Crippen LogP contribution in [0.3, 0.4) is 0 Å². The van der Waals surface area contributed by atoms with Gasteiger partial charge in [-0.2, -0.15) is 0 Å². The molecule has 0 aliphatic heterocycles. The molecule has 0 radical (unpaired) electrons. The lowest BCUT2D eigenvalue weighted by Gasteiger charge is -2.24. The van der Waals surface area contributed by atoms with E-state index < -0.39 is 3.79 Å². The molecule has 86 valence electrons. The second kappa shape index (κ2) is 7.01. The molecule has 0 aliphatic rings. The zero-order valence-electron chi connectivity index (χ0n) is 8.89. The van der Waals surface area contributed by atoms with E-state index in [4.69, 9.17) is 34.8 Å². The predicted octanol–water partition coefficient (Wildman–Crippen LogP) is 5.56. The van der Waals surface area contributed by atoms with E-state index in [-0.39, 0.29) is 0 Å². The van der Waals surface area contributed by atoms with Crippen molar-refractivity contribution in [2.24, 2.45) is 5.92 Å². The molecular weight excluding hydrogens is 279 g/mol. The van der Waals surface area contributed by atoms with Gasteiger partial charge in [0.25, 0.3) is 0 Å². The monoisotopic (exact) mass is 294 g/mol. The van der Waals surface area contributed by atoms with Crippen LogP contribution >= 0.6 is 56.4 Å². The highest BCUT2D eigenvalue weighted by molar-refractivity contribution is 8.77. The fourth-order valence-electron chi connectivity index (χ4n) is 0.791. The zero-order chi connectivity index (χ0) is 11.4. The Kier molecular flexibility index (Phi) is 7.79. The summed E-state index contributed by atoms with van der Waals surface area (Å²) in [7, 11) is 3.68. The van der Waals surface area contributed by atoms with Gasteiger partial charge >= 0.3 is 0 Å². The normalized spacial score (nSPS) is 15.2. The summed E-state index contributed by atoms with van der Waals surface area (Å²) < 4.78 is -1.13. The van der Waals surface area contributed by atoms with E-state index in [9.17, 15) is 0 Å². The minimum atomic E-state index is -1.13. The Labute approximate surface area is 110 Å². The molecule has 14 heavy (non-hydrogen) atoms. The third-order valence-corrected chi connectivity index (χ3v) is 5.69. The summed E-state index contributed by atoms with van der Waals surface area (Å²) in [5.74, 6) is 0.530. The molecule has 1 unspecified atom stereocenters. The van der Waals surface area contributed by atoms with Crippen molar-refractivity contribution in [3.8, 4) is 0 Å². The quantitative estimate of drug-likeness (QED) is 0.481. The third kappa shape index (κ3) is 8.84. The van der Waals surface area contributed by atoms with Crippen molar-refractivity contribution < 1.29 is 0 Å². The van der Waals surface area contributed by atoms with Gasteiger partial charge in [-0.1, -0.05) is 84.1 Å². The third-order valence-electron chi connectivity index (χ3n) is 1.55. The first-order valence-electron chi connectivity index (χ1n) is 4.61. The average Bonchev–Trinajstić information content (AvgIpc) is 1.94. The minimum absolute atomic E-state index is 0.398. The molecular formula is C9H17Cl3S2. The van der Waals surface area contributed by atoms with Gasteiger partial charge in [0.15, 0.2) is 3.79 Å². The van der Waals surface area contributed by atoms with Gasteiger partial charge in [-0.05, 0) is 5.92 Å². The Balaban J connectivity index is 4.03. The van der Waals surface area contributed by atoms with Gasteiger partial charge in [0, 0.05) is 16.9 Å². The van der Waals surface area contributed by atoms with Crippen molar-refractivity contribution >= 4 is 56.4 Å². The van der Waals surface area contributed by atoms with Gasteiger partial charge in [0.05, 0.1) is 0 Å². The lowest BCUT2D eigenvalue weighted by molar-refractivity contribution is 0.581. The summed E-state index contributed by atoms with van der Waals surface area (Å²) in [4.78, 5) is 0. The van der Waals surface area contributed by atoms with E-state index in [1.54, 1.807) is 0 Å². The lowest BCUT2D eigenvalue weighted by atomic mass is 10.1. The van der Waals surface area contributed by atoms with Crippen LogP contribution in [0.5, 0.6) is 0 Å². The van der Waals surface area contributed by atoms with E-state index in [1.807, 2.05) is 21.6 Å². The Morgan fingerprint density at radius 3 is 1.79 bits per heavy atom.